The van der Waals surface area contributed by atoms with Crippen LogP contribution in [0.2, 0.25) is 0 Å². The lowest BCUT2D eigenvalue weighted by molar-refractivity contribution is -0.142. The van der Waals surface area contributed by atoms with E-state index in [1.807, 2.05) is 0 Å². The van der Waals surface area contributed by atoms with Gasteiger partial charge in [-0.2, -0.15) is 0 Å². The summed E-state index contributed by atoms with van der Waals surface area (Å²) in [6, 6.07) is 3.06. The number of rotatable bonds is 1. The van der Waals surface area contributed by atoms with Gasteiger partial charge in [-0.25, -0.2) is 4.39 Å². The third-order valence-corrected chi connectivity index (χ3v) is 3.60. The summed E-state index contributed by atoms with van der Waals surface area (Å²) in [6.45, 7) is 0. The van der Waals surface area contributed by atoms with Crippen LogP contribution in [-0.2, 0) is 17.6 Å². The Morgan fingerprint density at radius 3 is 2.87 bits per heavy atom. The number of carboxylic acids is 1. The standard InChI is InChI=1S/C11H10BrFO2/c12-9-3-4-10(13)8-5-6(11(14)15)1-2-7(8)9/h3-4,6H,1-2,5H2,(H,14,15). The molecule has 1 atom stereocenters. The fourth-order valence-electron chi connectivity index (χ4n) is 2.00. The van der Waals surface area contributed by atoms with Gasteiger partial charge in [0.2, 0.25) is 0 Å². The van der Waals surface area contributed by atoms with Gasteiger partial charge < -0.3 is 5.11 Å². The van der Waals surface area contributed by atoms with Crippen molar-refractivity contribution in [1.82, 2.24) is 0 Å². The maximum Gasteiger partial charge on any atom is 0.306 e. The molecule has 1 aromatic carbocycles. The minimum atomic E-state index is -0.833. The number of halogens is 2. The Labute approximate surface area is 95.2 Å². The predicted molar refractivity (Wildman–Crippen MR) is 57.3 cm³/mol. The van der Waals surface area contributed by atoms with Gasteiger partial charge >= 0.3 is 5.97 Å². The van der Waals surface area contributed by atoms with Crippen LogP contribution in [0.5, 0.6) is 0 Å². The monoisotopic (exact) mass is 272 g/mol. The molecule has 0 saturated carbocycles. The zero-order valence-corrected chi connectivity index (χ0v) is 9.55. The van der Waals surface area contributed by atoms with Crippen LogP contribution in [0.25, 0.3) is 0 Å². The summed E-state index contributed by atoms with van der Waals surface area (Å²) in [5, 5.41) is 8.89. The Morgan fingerprint density at radius 2 is 2.20 bits per heavy atom. The molecule has 1 unspecified atom stereocenters. The molecule has 0 radical (unpaired) electrons. The second-order valence-electron chi connectivity index (χ2n) is 3.76. The third kappa shape index (κ3) is 1.91. The summed E-state index contributed by atoms with van der Waals surface area (Å²) in [5.41, 5.74) is 1.48. The van der Waals surface area contributed by atoms with Gasteiger partial charge in [0.15, 0.2) is 0 Å². The van der Waals surface area contributed by atoms with E-state index in [0.717, 1.165) is 10.0 Å². The molecule has 2 nitrogen and oxygen atoms in total. The lowest BCUT2D eigenvalue weighted by Gasteiger charge is -2.22. The predicted octanol–water partition coefficient (Wildman–Crippen LogP) is 2.78. The normalized spacial score (nSPS) is 19.7. The zero-order valence-electron chi connectivity index (χ0n) is 7.96. The van der Waals surface area contributed by atoms with Gasteiger partial charge in [0.25, 0.3) is 0 Å². The largest absolute Gasteiger partial charge is 0.481 e. The number of carbonyl (C=O) groups is 1. The maximum absolute atomic E-state index is 13.5. The van der Waals surface area contributed by atoms with Crippen LogP contribution in [0, 0.1) is 11.7 Å². The van der Waals surface area contributed by atoms with E-state index in [1.165, 1.54) is 6.07 Å². The van der Waals surface area contributed by atoms with Crippen molar-refractivity contribution in [3.63, 3.8) is 0 Å². The van der Waals surface area contributed by atoms with Crippen LogP contribution in [0.1, 0.15) is 17.5 Å². The van der Waals surface area contributed by atoms with Crippen molar-refractivity contribution in [1.29, 1.82) is 0 Å². The Balaban J connectivity index is 2.41. The molecule has 15 heavy (non-hydrogen) atoms. The molecule has 0 bridgehead atoms. The topological polar surface area (TPSA) is 37.3 Å². The lowest BCUT2D eigenvalue weighted by atomic mass is 9.84. The minimum absolute atomic E-state index is 0.292. The van der Waals surface area contributed by atoms with Gasteiger partial charge in [-0.1, -0.05) is 15.9 Å². The first kappa shape index (κ1) is 10.6. The lowest BCUT2D eigenvalue weighted by Crippen LogP contribution is -2.23. The highest BCUT2D eigenvalue weighted by molar-refractivity contribution is 9.10. The SMILES string of the molecule is O=C(O)C1CCc2c(Br)ccc(F)c2C1. The molecule has 0 saturated heterocycles. The van der Waals surface area contributed by atoms with E-state index < -0.39 is 11.9 Å². The number of fused-ring (bicyclic) bond motifs is 1. The highest BCUT2D eigenvalue weighted by atomic mass is 79.9. The number of hydrogen-bond donors (Lipinski definition) is 1. The van der Waals surface area contributed by atoms with Gasteiger partial charge in [-0.15, -0.1) is 0 Å². The Hall–Kier alpha value is -0.900. The first-order valence-electron chi connectivity index (χ1n) is 4.78. The van der Waals surface area contributed by atoms with Crippen molar-refractivity contribution < 1.29 is 14.3 Å². The molecule has 4 heteroatoms. The molecule has 0 fully saturated rings. The smallest absolute Gasteiger partial charge is 0.306 e. The number of aliphatic carboxylic acids is 1. The molecule has 0 spiro atoms. The maximum atomic E-state index is 13.5. The van der Waals surface area contributed by atoms with Crippen LogP contribution < -0.4 is 0 Å². The van der Waals surface area contributed by atoms with E-state index in [4.69, 9.17) is 5.11 Å². The Morgan fingerprint density at radius 1 is 1.47 bits per heavy atom. The van der Waals surface area contributed by atoms with E-state index in [9.17, 15) is 9.18 Å². The number of benzene rings is 1. The van der Waals surface area contributed by atoms with Crippen molar-refractivity contribution in [3.8, 4) is 0 Å². The molecule has 0 aliphatic heterocycles. The summed E-state index contributed by atoms with van der Waals surface area (Å²) in [7, 11) is 0. The van der Waals surface area contributed by atoms with Crippen molar-refractivity contribution in [2.24, 2.45) is 5.92 Å². The Bertz CT molecular complexity index is 417. The van der Waals surface area contributed by atoms with E-state index in [-0.39, 0.29) is 5.82 Å². The summed E-state index contributed by atoms with van der Waals surface area (Å²) < 4.78 is 14.4. The molecule has 1 aliphatic rings. The van der Waals surface area contributed by atoms with Crippen molar-refractivity contribution in [2.45, 2.75) is 19.3 Å². The molecular formula is C11H10BrFO2. The van der Waals surface area contributed by atoms with Crippen LogP contribution in [0.3, 0.4) is 0 Å². The fourth-order valence-corrected chi connectivity index (χ4v) is 2.57. The molecule has 1 aromatic rings. The minimum Gasteiger partial charge on any atom is -0.481 e. The van der Waals surface area contributed by atoms with E-state index in [0.29, 0.717) is 24.8 Å². The zero-order chi connectivity index (χ0) is 11.0. The average Bonchev–Trinajstić information content (AvgIpc) is 2.23. The summed E-state index contributed by atoms with van der Waals surface area (Å²) >= 11 is 3.36. The van der Waals surface area contributed by atoms with Crippen LogP contribution in [-0.4, -0.2) is 11.1 Å². The van der Waals surface area contributed by atoms with Crippen molar-refractivity contribution >= 4 is 21.9 Å². The molecule has 80 valence electrons. The summed E-state index contributed by atoms with van der Waals surface area (Å²) in [6.07, 6.45) is 1.52. The van der Waals surface area contributed by atoms with E-state index in [2.05, 4.69) is 15.9 Å². The molecule has 0 heterocycles. The highest BCUT2D eigenvalue weighted by Crippen LogP contribution is 2.32. The molecule has 1 N–H and O–H groups in total. The second kappa shape index (κ2) is 3.93. The van der Waals surface area contributed by atoms with Gasteiger partial charge in [0.05, 0.1) is 5.92 Å². The van der Waals surface area contributed by atoms with Gasteiger partial charge in [0, 0.05) is 4.47 Å². The first-order chi connectivity index (χ1) is 7.09. The highest BCUT2D eigenvalue weighted by Gasteiger charge is 2.27. The van der Waals surface area contributed by atoms with Crippen molar-refractivity contribution in [2.75, 3.05) is 0 Å². The average molecular weight is 273 g/mol. The quantitative estimate of drug-likeness (QED) is 0.854. The van der Waals surface area contributed by atoms with Crippen LogP contribution in [0.15, 0.2) is 16.6 Å². The Kier molecular flexibility index (Phi) is 2.78. The van der Waals surface area contributed by atoms with E-state index in [1.54, 1.807) is 6.07 Å². The number of hydrogen-bond acceptors (Lipinski definition) is 1. The summed E-state index contributed by atoms with van der Waals surface area (Å²) in [4.78, 5) is 10.8. The summed E-state index contributed by atoms with van der Waals surface area (Å²) in [5.74, 6) is -1.57. The number of carboxylic acid groups (broad SMARTS) is 1. The van der Waals surface area contributed by atoms with Gasteiger partial charge in [0.1, 0.15) is 5.82 Å². The van der Waals surface area contributed by atoms with E-state index >= 15 is 0 Å². The second-order valence-corrected chi connectivity index (χ2v) is 4.62. The van der Waals surface area contributed by atoms with Gasteiger partial charge in [-0.05, 0) is 42.5 Å². The molecule has 0 amide bonds. The molecule has 1 aliphatic carbocycles. The van der Waals surface area contributed by atoms with Crippen LogP contribution in [0.4, 0.5) is 4.39 Å². The van der Waals surface area contributed by atoms with Crippen molar-refractivity contribution in [3.05, 3.63) is 33.5 Å². The van der Waals surface area contributed by atoms with Crippen LogP contribution >= 0.6 is 15.9 Å². The molecular weight excluding hydrogens is 263 g/mol. The molecule has 0 aromatic heterocycles. The molecule has 2 rings (SSSR count). The van der Waals surface area contributed by atoms with Gasteiger partial charge in [-0.3, -0.25) is 4.79 Å². The third-order valence-electron chi connectivity index (χ3n) is 2.86. The fraction of sp³-hybridized carbons (Fsp3) is 0.364. The first-order valence-corrected chi connectivity index (χ1v) is 5.57.